The quantitative estimate of drug-likeness (QED) is 0.763. The summed E-state index contributed by atoms with van der Waals surface area (Å²) in [7, 11) is 0. The molecular weight excluding hydrogens is 336 g/mol. The maximum absolute atomic E-state index is 13.2. The fourth-order valence-electron chi connectivity index (χ4n) is 4.15. The van der Waals surface area contributed by atoms with E-state index in [-0.39, 0.29) is 11.8 Å². The Hall–Kier alpha value is -1.84. The first-order valence-electron chi connectivity index (χ1n) is 10.7. The summed E-state index contributed by atoms with van der Waals surface area (Å²) >= 11 is 0. The Morgan fingerprint density at radius 1 is 0.963 bits per heavy atom. The number of nitrogens with zero attached hydrogens (tertiary/aromatic N) is 2. The average Bonchev–Trinajstić information content (AvgIpc) is 3.58. The second-order valence-corrected chi connectivity index (χ2v) is 8.97. The van der Waals surface area contributed by atoms with Crippen LogP contribution in [0.2, 0.25) is 0 Å². The summed E-state index contributed by atoms with van der Waals surface area (Å²) < 4.78 is 0. The van der Waals surface area contributed by atoms with Gasteiger partial charge in [0.1, 0.15) is 0 Å². The molecule has 2 saturated carbocycles. The third-order valence-corrected chi connectivity index (χ3v) is 6.35. The van der Waals surface area contributed by atoms with E-state index in [1.807, 2.05) is 4.90 Å². The standard InChI is InChI=1S/C23H32N2O2/c1-16(2)18-5-3-17(4-6-18)15-25(21-9-10-21)23(27)20-11-13-24(14-12-20)22(26)19-7-8-19/h3-6,16,19-21H,7-15H2,1-2H3. The van der Waals surface area contributed by atoms with Crippen LogP contribution in [0.3, 0.4) is 0 Å². The fourth-order valence-corrected chi connectivity index (χ4v) is 4.15. The largest absolute Gasteiger partial charge is 0.342 e. The van der Waals surface area contributed by atoms with Crippen molar-refractivity contribution in [2.45, 2.75) is 70.9 Å². The van der Waals surface area contributed by atoms with E-state index >= 15 is 0 Å². The van der Waals surface area contributed by atoms with Crippen LogP contribution in [0.1, 0.15) is 69.4 Å². The summed E-state index contributed by atoms with van der Waals surface area (Å²) in [5.74, 6) is 1.54. The smallest absolute Gasteiger partial charge is 0.226 e. The van der Waals surface area contributed by atoms with Crippen LogP contribution in [0, 0.1) is 11.8 Å². The topological polar surface area (TPSA) is 40.6 Å². The molecule has 0 N–H and O–H groups in total. The second kappa shape index (κ2) is 7.65. The van der Waals surface area contributed by atoms with Gasteiger partial charge in [0.2, 0.25) is 11.8 Å². The molecule has 4 nitrogen and oxygen atoms in total. The Morgan fingerprint density at radius 2 is 1.59 bits per heavy atom. The molecular formula is C23H32N2O2. The molecule has 146 valence electrons. The van der Waals surface area contributed by atoms with Crippen LogP contribution in [0.5, 0.6) is 0 Å². The molecule has 2 amide bonds. The highest BCUT2D eigenvalue weighted by Crippen LogP contribution is 2.34. The SMILES string of the molecule is CC(C)c1ccc(CN(C(=O)C2CCN(C(=O)C3CC3)CC2)C2CC2)cc1. The zero-order valence-electron chi connectivity index (χ0n) is 16.7. The van der Waals surface area contributed by atoms with Crippen molar-refractivity contribution in [1.29, 1.82) is 0 Å². The lowest BCUT2D eigenvalue weighted by Crippen LogP contribution is -2.45. The molecule has 27 heavy (non-hydrogen) atoms. The molecule has 2 aliphatic carbocycles. The fraction of sp³-hybridized carbons (Fsp3) is 0.652. The number of rotatable bonds is 6. The van der Waals surface area contributed by atoms with Crippen LogP contribution >= 0.6 is 0 Å². The van der Waals surface area contributed by atoms with Crippen molar-refractivity contribution in [3.63, 3.8) is 0 Å². The molecule has 0 bridgehead atoms. The van der Waals surface area contributed by atoms with E-state index < -0.39 is 0 Å². The summed E-state index contributed by atoms with van der Waals surface area (Å²) in [6.45, 7) is 6.65. The molecule has 1 aliphatic heterocycles. The number of carbonyl (C=O) groups is 2. The molecule has 0 unspecified atom stereocenters. The number of carbonyl (C=O) groups excluding carboxylic acids is 2. The molecule has 1 heterocycles. The summed E-state index contributed by atoms with van der Waals surface area (Å²) in [5, 5.41) is 0. The predicted molar refractivity (Wildman–Crippen MR) is 106 cm³/mol. The highest BCUT2D eigenvalue weighted by Gasteiger charge is 2.39. The van der Waals surface area contributed by atoms with Gasteiger partial charge in [0, 0.05) is 37.5 Å². The van der Waals surface area contributed by atoms with E-state index in [0.29, 0.717) is 23.8 Å². The van der Waals surface area contributed by atoms with Crippen molar-refractivity contribution < 1.29 is 9.59 Å². The third kappa shape index (κ3) is 4.36. The van der Waals surface area contributed by atoms with Gasteiger partial charge in [0.25, 0.3) is 0 Å². The monoisotopic (exact) mass is 368 g/mol. The Morgan fingerprint density at radius 3 is 2.11 bits per heavy atom. The van der Waals surface area contributed by atoms with Crippen molar-refractivity contribution in [1.82, 2.24) is 9.80 Å². The molecule has 0 atom stereocenters. The molecule has 4 rings (SSSR count). The van der Waals surface area contributed by atoms with Gasteiger partial charge in [-0.2, -0.15) is 0 Å². The number of likely N-dealkylation sites (tertiary alicyclic amines) is 1. The maximum atomic E-state index is 13.2. The number of piperidine rings is 1. The van der Waals surface area contributed by atoms with Gasteiger partial charge in [-0.15, -0.1) is 0 Å². The maximum Gasteiger partial charge on any atom is 0.226 e. The van der Waals surface area contributed by atoms with Gasteiger partial charge in [-0.1, -0.05) is 38.1 Å². The second-order valence-electron chi connectivity index (χ2n) is 8.97. The average molecular weight is 369 g/mol. The van der Waals surface area contributed by atoms with Crippen LogP contribution in [0.4, 0.5) is 0 Å². The van der Waals surface area contributed by atoms with E-state index in [1.54, 1.807) is 0 Å². The summed E-state index contributed by atoms with van der Waals surface area (Å²) in [6, 6.07) is 9.16. The third-order valence-electron chi connectivity index (χ3n) is 6.35. The minimum absolute atomic E-state index is 0.0868. The lowest BCUT2D eigenvalue weighted by molar-refractivity contribution is -0.142. The molecule has 1 aromatic rings. The first kappa shape index (κ1) is 18.5. The van der Waals surface area contributed by atoms with Gasteiger partial charge in [-0.25, -0.2) is 0 Å². The van der Waals surface area contributed by atoms with Crippen LogP contribution < -0.4 is 0 Å². The minimum atomic E-state index is 0.0868. The van der Waals surface area contributed by atoms with Crippen molar-refractivity contribution in [2.24, 2.45) is 11.8 Å². The lowest BCUT2D eigenvalue weighted by atomic mass is 9.94. The van der Waals surface area contributed by atoms with E-state index in [0.717, 1.165) is 58.2 Å². The van der Waals surface area contributed by atoms with E-state index in [1.165, 1.54) is 11.1 Å². The van der Waals surface area contributed by atoms with Crippen molar-refractivity contribution in [3.05, 3.63) is 35.4 Å². The number of hydrogen-bond acceptors (Lipinski definition) is 2. The molecule has 0 radical (unpaired) electrons. The molecule has 0 aromatic heterocycles. The normalized spacial score (nSPS) is 20.8. The van der Waals surface area contributed by atoms with Crippen LogP contribution in [-0.4, -0.2) is 40.7 Å². The van der Waals surface area contributed by atoms with Crippen molar-refractivity contribution in [2.75, 3.05) is 13.1 Å². The molecule has 4 heteroatoms. The summed E-state index contributed by atoms with van der Waals surface area (Å²) in [4.78, 5) is 29.6. The molecule has 3 aliphatic rings. The molecule has 1 aromatic carbocycles. The first-order valence-corrected chi connectivity index (χ1v) is 10.7. The van der Waals surface area contributed by atoms with E-state index in [9.17, 15) is 9.59 Å². The van der Waals surface area contributed by atoms with E-state index in [4.69, 9.17) is 0 Å². The zero-order chi connectivity index (χ0) is 19.0. The number of benzene rings is 1. The van der Waals surface area contributed by atoms with Gasteiger partial charge >= 0.3 is 0 Å². The van der Waals surface area contributed by atoms with Crippen LogP contribution in [0.25, 0.3) is 0 Å². The molecule has 1 saturated heterocycles. The highest BCUT2D eigenvalue weighted by atomic mass is 16.2. The zero-order valence-corrected chi connectivity index (χ0v) is 16.7. The van der Waals surface area contributed by atoms with Crippen molar-refractivity contribution >= 4 is 11.8 Å². The minimum Gasteiger partial charge on any atom is -0.342 e. The van der Waals surface area contributed by atoms with Gasteiger partial charge < -0.3 is 9.80 Å². The Labute approximate surface area is 162 Å². The Balaban J connectivity index is 1.36. The van der Waals surface area contributed by atoms with Gasteiger partial charge in [0.15, 0.2) is 0 Å². The highest BCUT2D eigenvalue weighted by molar-refractivity contribution is 5.82. The molecule has 0 spiro atoms. The van der Waals surface area contributed by atoms with Crippen molar-refractivity contribution in [3.8, 4) is 0 Å². The van der Waals surface area contributed by atoms with E-state index in [2.05, 4.69) is 43.0 Å². The van der Waals surface area contributed by atoms with Crippen LogP contribution in [0.15, 0.2) is 24.3 Å². The lowest BCUT2D eigenvalue weighted by Gasteiger charge is -2.34. The van der Waals surface area contributed by atoms with Gasteiger partial charge in [-0.3, -0.25) is 9.59 Å². The summed E-state index contributed by atoms with van der Waals surface area (Å²) in [5.41, 5.74) is 2.57. The Kier molecular flexibility index (Phi) is 5.25. The number of hydrogen-bond donors (Lipinski definition) is 0. The first-order chi connectivity index (χ1) is 13.0. The Bertz CT molecular complexity index is 681. The van der Waals surface area contributed by atoms with Crippen LogP contribution in [-0.2, 0) is 16.1 Å². The molecule has 3 fully saturated rings. The number of amides is 2. The van der Waals surface area contributed by atoms with Gasteiger partial charge in [-0.05, 0) is 55.6 Å². The predicted octanol–water partition coefficient (Wildman–Crippen LogP) is 3.95. The van der Waals surface area contributed by atoms with Gasteiger partial charge in [0.05, 0.1) is 0 Å². The summed E-state index contributed by atoms with van der Waals surface area (Å²) in [6.07, 6.45) is 6.04.